The molecule has 1 fully saturated rings. The van der Waals surface area contributed by atoms with Gasteiger partial charge in [-0.05, 0) is 44.6 Å². The summed E-state index contributed by atoms with van der Waals surface area (Å²) in [7, 11) is 4.22. The SMILES string of the molecule is CN(C)C1(CNC(=O)Cc2ccc(N)cc2)CCCC1. The molecule has 110 valence electrons. The average molecular weight is 275 g/mol. The average Bonchev–Trinajstić information content (AvgIpc) is 2.89. The molecule has 0 heterocycles. The van der Waals surface area contributed by atoms with Crippen LogP contribution in [-0.4, -0.2) is 37.0 Å². The van der Waals surface area contributed by atoms with Crippen LogP contribution in [0.25, 0.3) is 0 Å². The lowest BCUT2D eigenvalue weighted by molar-refractivity contribution is -0.121. The Balaban J connectivity index is 1.87. The molecule has 0 spiro atoms. The molecule has 1 amide bonds. The smallest absolute Gasteiger partial charge is 0.224 e. The van der Waals surface area contributed by atoms with Gasteiger partial charge in [-0.25, -0.2) is 0 Å². The normalized spacial score (nSPS) is 17.4. The minimum atomic E-state index is 0.0860. The maximum atomic E-state index is 12.1. The van der Waals surface area contributed by atoms with Gasteiger partial charge in [0.05, 0.1) is 6.42 Å². The monoisotopic (exact) mass is 275 g/mol. The predicted molar refractivity (Wildman–Crippen MR) is 82.5 cm³/mol. The van der Waals surface area contributed by atoms with Gasteiger partial charge in [0.25, 0.3) is 0 Å². The molecule has 20 heavy (non-hydrogen) atoms. The Morgan fingerprint density at radius 3 is 2.40 bits per heavy atom. The summed E-state index contributed by atoms with van der Waals surface area (Å²) >= 11 is 0. The molecule has 0 atom stereocenters. The van der Waals surface area contributed by atoms with E-state index in [9.17, 15) is 4.79 Å². The van der Waals surface area contributed by atoms with Crippen molar-refractivity contribution in [3.63, 3.8) is 0 Å². The highest BCUT2D eigenvalue weighted by molar-refractivity contribution is 5.78. The van der Waals surface area contributed by atoms with E-state index in [0.717, 1.165) is 17.8 Å². The highest BCUT2D eigenvalue weighted by Gasteiger charge is 2.35. The molecule has 1 aromatic carbocycles. The maximum Gasteiger partial charge on any atom is 0.224 e. The lowest BCUT2D eigenvalue weighted by atomic mass is 9.96. The van der Waals surface area contributed by atoms with Crippen molar-refractivity contribution < 1.29 is 4.79 Å². The molecule has 0 unspecified atom stereocenters. The second kappa shape index (κ2) is 6.27. The van der Waals surface area contributed by atoms with E-state index in [1.807, 2.05) is 24.3 Å². The Hall–Kier alpha value is -1.55. The van der Waals surface area contributed by atoms with Crippen LogP contribution in [0.1, 0.15) is 31.2 Å². The van der Waals surface area contributed by atoms with Gasteiger partial charge in [-0.2, -0.15) is 0 Å². The molecule has 1 aliphatic rings. The topological polar surface area (TPSA) is 58.4 Å². The van der Waals surface area contributed by atoms with E-state index in [0.29, 0.717) is 6.42 Å². The second-order valence-corrected chi connectivity index (χ2v) is 6.02. The Morgan fingerprint density at radius 2 is 1.85 bits per heavy atom. The number of hydrogen-bond acceptors (Lipinski definition) is 3. The third-order valence-electron chi connectivity index (χ3n) is 4.44. The number of amides is 1. The molecular weight excluding hydrogens is 250 g/mol. The first kappa shape index (κ1) is 14.9. The summed E-state index contributed by atoms with van der Waals surface area (Å²) in [6.45, 7) is 0.744. The van der Waals surface area contributed by atoms with Crippen molar-refractivity contribution in [1.82, 2.24) is 10.2 Å². The molecule has 4 heteroatoms. The van der Waals surface area contributed by atoms with E-state index in [-0.39, 0.29) is 11.4 Å². The van der Waals surface area contributed by atoms with Crippen molar-refractivity contribution in [2.24, 2.45) is 0 Å². The molecule has 0 radical (unpaired) electrons. The number of rotatable bonds is 5. The van der Waals surface area contributed by atoms with E-state index in [2.05, 4.69) is 24.3 Å². The molecule has 0 bridgehead atoms. The van der Waals surface area contributed by atoms with Crippen LogP contribution in [0.3, 0.4) is 0 Å². The third-order valence-corrected chi connectivity index (χ3v) is 4.44. The fourth-order valence-corrected chi connectivity index (χ4v) is 2.96. The Labute approximate surface area is 121 Å². The fourth-order valence-electron chi connectivity index (χ4n) is 2.96. The van der Waals surface area contributed by atoms with Gasteiger partial charge in [0.2, 0.25) is 5.91 Å². The molecule has 4 nitrogen and oxygen atoms in total. The van der Waals surface area contributed by atoms with E-state index < -0.39 is 0 Å². The standard InChI is InChI=1S/C16H25N3O/c1-19(2)16(9-3-4-10-16)12-18-15(20)11-13-5-7-14(17)8-6-13/h5-8H,3-4,9-12,17H2,1-2H3,(H,18,20). The van der Waals surface area contributed by atoms with Gasteiger partial charge in [0, 0.05) is 17.8 Å². The largest absolute Gasteiger partial charge is 0.399 e. The van der Waals surface area contributed by atoms with Crippen LogP contribution in [0.15, 0.2) is 24.3 Å². The highest BCUT2D eigenvalue weighted by Crippen LogP contribution is 2.33. The zero-order chi connectivity index (χ0) is 14.6. The Morgan fingerprint density at radius 1 is 1.25 bits per heavy atom. The summed E-state index contributed by atoms with van der Waals surface area (Å²) < 4.78 is 0. The van der Waals surface area contributed by atoms with E-state index in [1.165, 1.54) is 25.7 Å². The zero-order valence-corrected chi connectivity index (χ0v) is 12.5. The van der Waals surface area contributed by atoms with Gasteiger partial charge in [0.1, 0.15) is 0 Å². The van der Waals surface area contributed by atoms with Crippen LogP contribution in [-0.2, 0) is 11.2 Å². The summed E-state index contributed by atoms with van der Waals surface area (Å²) in [5.74, 6) is 0.0860. The van der Waals surface area contributed by atoms with Crippen molar-refractivity contribution in [2.75, 3.05) is 26.4 Å². The molecule has 0 saturated heterocycles. The first-order chi connectivity index (χ1) is 9.52. The van der Waals surface area contributed by atoms with Crippen LogP contribution in [0.4, 0.5) is 5.69 Å². The Bertz CT molecular complexity index is 447. The van der Waals surface area contributed by atoms with Gasteiger partial charge >= 0.3 is 0 Å². The zero-order valence-electron chi connectivity index (χ0n) is 12.5. The van der Waals surface area contributed by atoms with Crippen molar-refractivity contribution in [3.8, 4) is 0 Å². The number of carbonyl (C=O) groups is 1. The molecular formula is C16H25N3O. The van der Waals surface area contributed by atoms with Crippen molar-refractivity contribution in [1.29, 1.82) is 0 Å². The van der Waals surface area contributed by atoms with Crippen LogP contribution in [0.2, 0.25) is 0 Å². The van der Waals surface area contributed by atoms with Crippen molar-refractivity contribution >= 4 is 11.6 Å². The van der Waals surface area contributed by atoms with Gasteiger partial charge < -0.3 is 16.0 Å². The van der Waals surface area contributed by atoms with Crippen LogP contribution in [0, 0.1) is 0 Å². The highest BCUT2D eigenvalue weighted by atomic mass is 16.1. The summed E-state index contributed by atoms with van der Waals surface area (Å²) in [4.78, 5) is 14.3. The number of anilines is 1. The van der Waals surface area contributed by atoms with Gasteiger partial charge in [0.15, 0.2) is 0 Å². The first-order valence-electron chi connectivity index (χ1n) is 7.30. The first-order valence-corrected chi connectivity index (χ1v) is 7.30. The molecule has 2 rings (SSSR count). The number of hydrogen-bond donors (Lipinski definition) is 2. The summed E-state index contributed by atoms with van der Waals surface area (Å²) in [6.07, 6.45) is 5.27. The van der Waals surface area contributed by atoms with Crippen LogP contribution < -0.4 is 11.1 Å². The van der Waals surface area contributed by atoms with Crippen molar-refractivity contribution in [2.45, 2.75) is 37.6 Å². The molecule has 1 aliphatic carbocycles. The molecule has 1 aromatic rings. The minimum Gasteiger partial charge on any atom is -0.399 e. The van der Waals surface area contributed by atoms with Crippen molar-refractivity contribution in [3.05, 3.63) is 29.8 Å². The molecule has 3 N–H and O–H groups in total. The fraction of sp³-hybridized carbons (Fsp3) is 0.562. The molecule has 0 aromatic heterocycles. The summed E-state index contributed by atoms with van der Waals surface area (Å²) in [5, 5.41) is 3.10. The Kier molecular flexibility index (Phi) is 4.65. The molecule has 1 saturated carbocycles. The number of nitrogens with one attached hydrogen (secondary N) is 1. The third kappa shape index (κ3) is 3.51. The summed E-state index contributed by atoms with van der Waals surface area (Å²) in [6, 6.07) is 7.49. The number of benzene rings is 1. The molecule has 0 aliphatic heterocycles. The van der Waals surface area contributed by atoms with Crippen LogP contribution in [0.5, 0.6) is 0 Å². The number of nitrogen functional groups attached to an aromatic ring is 1. The van der Waals surface area contributed by atoms with Gasteiger partial charge in [-0.1, -0.05) is 25.0 Å². The lowest BCUT2D eigenvalue weighted by Gasteiger charge is -2.36. The number of nitrogens with zero attached hydrogens (tertiary/aromatic N) is 1. The van der Waals surface area contributed by atoms with E-state index in [1.54, 1.807) is 0 Å². The second-order valence-electron chi connectivity index (χ2n) is 6.02. The maximum absolute atomic E-state index is 12.1. The number of carbonyl (C=O) groups excluding carboxylic acids is 1. The quantitative estimate of drug-likeness (QED) is 0.806. The van der Waals surface area contributed by atoms with E-state index in [4.69, 9.17) is 5.73 Å². The lowest BCUT2D eigenvalue weighted by Crippen LogP contribution is -2.51. The minimum absolute atomic E-state index is 0.0860. The predicted octanol–water partition coefficient (Wildman–Crippen LogP) is 1.80. The van der Waals surface area contributed by atoms with Gasteiger partial charge in [-0.15, -0.1) is 0 Å². The summed E-state index contributed by atoms with van der Waals surface area (Å²) in [5.41, 5.74) is 7.52. The number of nitrogens with two attached hydrogens (primary N) is 1. The van der Waals surface area contributed by atoms with Crippen LogP contribution >= 0.6 is 0 Å². The van der Waals surface area contributed by atoms with E-state index >= 15 is 0 Å². The number of likely N-dealkylation sites (N-methyl/N-ethyl adjacent to an activating group) is 1. The van der Waals surface area contributed by atoms with Gasteiger partial charge in [-0.3, -0.25) is 4.79 Å².